The van der Waals surface area contributed by atoms with Crippen molar-refractivity contribution in [1.29, 1.82) is 0 Å². The van der Waals surface area contributed by atoms with E-state index in [9.17, 15) is 0 Å². The van der Waals surface area contributed by atoms with Crippen molar-refractivity contribution in [3.8, 4) is 5.75 Å². The van der Waals surface area contributed by atoms with Crippen LogP contribution in [-0.2, 0) is 13.0 Å². The molecule has 0 fully saturated rings. The highest BCUT2D eigenvalue weighted by Gasteiger charge is 2.18. The average Bonchev–Trinajstić information content (AvgIpc) is 2.46. The number of nitrogens with one attached hydrogen (secondary N) is 1. The summed E-state index contributed by atoms with van der Waals surface area (Å²) in [5.74, 6) is 1.04. The second-order valence-corrected chi connectivity index (χ2v) is 4.69. The predicted molar refractivity (Wildman–Crippen MR) is 80.0 cm³/mol. The van der Waals surface area contributed by atoms with Crippen molar-refractivity contribution in [1.82, 2.24) is 5.32 Å². The quantitative estimate of drug-likeness (QED) is 0.929. The zero-order valence-corrected chi connectivity index (χ0v) is 11.5. The van der Waals surface area contributed by atoms with Crippen LogP contribution < -0.4 is 10.1 Å². The summed E-state index contributed by atoms with van der Waals surface area (Å²) >= 11 is 0. The van der Waals surface area contributed by atoms with Gasteiger partial charge in [0.05, 0.1) is 0 Å². The molecule has 3 rings (SSSR count). The second kappa shape index (κ2) is 6.60. The van der Waals surface area contributed by atoms with Gasteiger partial charge in [0.1, 0.15) is 12.4 Å². The molecule has 3 heteroatoms. The van der Waals surface area contributed by atoms with Crippen molar-refractivity contribution in [3.05, 3.63) is 65.7 Å². The first-order chi connectivity index (χ1) is 8.92. The lowest BCUT2D eigenvalue weighted by Gasteiger charge is -2.26. The van der Waals surface area contributed by atoms with Crippen LogP contribution in [0.4, 0.5) is 0 Å². The Labute approximate surface area is 120 Å². The van der Waals surface area contributed by atoms with E-state index >= 15 is 0 Å². The first kappa shape index (κ1) is 13.9. The van der Waals surface area contributed by atoms with Crippen molar-refractivity contribution in [2.45, 2.75) is 19.0 Å². The number of fused-ring (bicyclic) bond motifs is 1. The predicted octanol–water partition coefficient (Wildman–Crippen LogP) is 3.20. The van der Waals surface area contributed by atoms with Gasteiger partial charge >= 0.3 is 0 Å². The Bertz CT molecular complexity index is 515. The molecule has 1 atom stereocenters. The summed E-state index contributed by atoms with van der Waals surface area (Å²) in [6.07, 6.45) is 1.04. The van der Waals surface area contributed by atoms with Gasteiger partial charge in [0, 0.05) is 12.6 Å². The smallest absolute Gasteiger partial charge is 0.122 e. The fourth-order valence-corrected chi connectivity index (χ4v) is 2.32. The van der Waals surface area contributed by atoms with E-state index in [1.807, 2.05) is 18.2 Å². The molecule has 0 aromatic heterocycles. The van der Waals surface area contributed by atoms with Crippen LogP contribution in [0.1, 0.15) is 11.1 Å². The number of hydrogen-bond donors (Lipinski definition) is 1. The van der Waals surface area contributed by atoms with Crippen LogP contribution in [0.2, 0.25) is 0 Å². The highest BCUT2D eigenvalue weighted by molar-refractivity contribution is 5.85. The Kier molecular flexibility index (Phi) is 4.83. The molecule has 1 aliphatic rings. The van der Waals surface area contributed by atoms with Crippen molar-refractivity contribution >= 4 is 12.4 Å². The molecule has 2 nitrogen and oxygen atoms in total. The number of rotatable bonds is 3. The van der Waals surface area contributed by atoms with Gasteiger partial charge in [-0.15, -0.1) is 12.4 Å². The largest absolute Gasteiger partial charge is 0.492 e. The molecule has 0 amide bonds. The fourth-order valence-electron chi connectivity index (χ4n) is 2.32. The Balaban J connectivity index is 0.00000133. The lowest BCUT2D eigenvalue weighted by atomic mass is 10.0. The van der Waals surface area contributed by atoms with Crippen molar-refractivity contribution in [3.63, 3.8) is 0 Å². The van der Waals surface area contributed by atoms with Crippen LogP contribution in [0.3, 0.4) is 0 Å². The molecule has 1 heterocycles. The Hall–Kier alpha value is -1.51. The maximum Gasteiger partial charge on any atom is 0.122 e. The number of benzene rings is 2. The molecule has 19 heavy (non-hydrogen) atoms. The van der Waals surface area contributed by atoms with Gasteiger partial charge in [-0.3, -0.25) is 0 Å². The van der Waals surface area contributed by atoms with E-state index in [4.69, 9.17) is 4.74 Å². The van der Waals surface area contributed by atoms with E-state index < -0.39 is 0 Å². The van der Waals surface area contributed by atoms with Gasteiger partial charge in [-0.05, 0) is 23.6 Å². The van der Waals surface area contributed by atoms with Gasteiger partial charge in [0.25, 0.3) is 0 Å². The zero-order valence-electron chi connectivity index (χ0n) is 10.7. The molecule has 0 bridgehead atoms. The molecule has 0 saturated carbocycles. The summed E-state index contributed by atoms with van der Waals surface area (Å²) in [5, 5.41) is 3.55. The van der Waals surface area contributed by atoms with Gasteiger partial charge in [-0.2, -0.15) is 0 Å². The van der Waals surface area contributed by atoms with Gasteiger partial charge in [0.15, 0.2) is 0 Å². The number of halogens is 1. The number of ether oxygens (including phenoxy) is 1. The molecule has 0 radical (unpaired) electrons. The van der Waals surface area contributed by atoms with Crippen molar-refractivity contribution in [2.75, 3.05) is 6.61 Å². The lowest BCUT2D eigenvalue weighted by Crippen LogP contribution is -2.38. The minimum atomic E-state index is 0. The van der Waals surface area contributed by atoms with Gasteiger partial charge < -0.3 is 10.1 Å². The molecule has 1 N–H and O–H groups in total. The molecule has 2 aromatic carbocycles. The standard InChI is InChI=1S/C16H17NO.ClH/c1-2-6-13(7-3-1)11-17-15-10-14-8-4-5-9-16(14)18-12-15;/h1-9,15,17H,10-12H2;1H. The molecule has 0 saturated heterocycles. The minimum Gasteiger partial charge on any atom is -0.492 e. The monoisotopic (exact) mass is 275 g/mol. The summed E-state index contributed by atoms with van der Waals surface area (Å²) in [7, 11) is 0. The van der Waals surface area contributed by atoms with Crippen molar-refractivity contribution < 1.29 is 4.74 Å². The average molecular weight is 276 g/mol. The van der Waals surface area contributed by atoms with E-state index in [-0.39, 0.29) is 12.4 Å². The highest BCUT2D eigenvalue weighted by Crippen LogP contribution is 2.23. The zero-order chi connectivity index (χ0) is 12.2. The molecular formula is C16H18ClNO. The molecular weight excluding hydrogens is 258 g/mol. The van der Waals surface area contributed by atoms with E-state index in [2.05, 4.69) is 41.7 Å². The SMILES string of the molecule is Cl.c1ccc(CNC2COc3ccccc3C2)cc1. The van der Waals surface area contributed by atoms with Crippen LogP contribution in [-0.4, -0.2) is 12.6 Å². The van der Waals surface area contributed by atoms with E-state index in [0.717, 1.165) is 25.3 Å². The topological polar surface area (TPSA) is 21.3 Å². The number of para-hydroxylation sites is 1. The van der Waals surface area contributed by atoms with E-state index in [1.165, 1.54) is 11.1 Å². The van der Waals surface area contributed by atoms with Crippen LogP contribution >= 0.6 is 12.4 Å². The summed E-state index contributed by atoms with van der Waals surface area (Å²) in [5.41, 5.74) is 2.62. The third-order valence-corrected chi connectivity index (χ3v) is 3.32. The maximum atomic E-state index is 5.76. The second-order valence-electron chi connectivity index (χ2n) is 4.69. The molecule has 1 aliphatic heterocycles. The van der Waals surface area contributed by atoms with E-state index in [1.54, 1.807) is 0 Å². The third-order valence-electron chi connectivity index (χ3n) is 3.32. The van der Waals surface area contributed by atoms with Gasteiger partial charge in [-0.1, -0.05) is 48.5 Å². The molecule has 100 valence electrons. The lowest BCUT2D eigenvalue weighted by molar-refractivity contribution is 0.238. The van der Waals surface area contributed by atoms with Crippen molar-refractivity contribution in [2.24, 2.45) is 0 Å². The summed E-state index contributed by atoms with van der Waals surface area (Å²) in [4.78, 5) is 0. The number of hydrogen-bond acceptors (Lipinski definition) is 2. The Morgan fingerprint density at radius 2 is 1.74 bits per heavy atom. The highest BCUT2D eigenvalue weighted by atomic mass is 35.5. The maximum absolute atomic E-state index is 5.76. The third kappa shape index (κ3) is 3.49. The van der Waals surface area contributed by atoms with Gasteiger partial charge in [-0.25, -0.2) is 0 Å². The summed E-state index contributed by atoms with van der Waals surface area (Å²) in [6.45, 7) is 1.65. The Morgan fingerprint density at radius 3 is 2.58 bits per heavy atom. The molecule has 1 unspecified atom stereocenters. The molecule has 2 aromatic rings. The van der Waals surface area contributed by atoms with Gasteiger partial charge in [0.2, 0.25) is 0 Å². The van der Waals surface area contributed by atoms with Crippen LogP contribution in [0, 0.1) is 0 Å². The fraction of sp³-hybridized carbons (Fsp3) is 0.250. The normalized spacial score (nSPS) is 16.9. The summed E-state index contributed by atoms with van der Waals surface area (Å²) in [6, 6.07) is 19.2. The molecule has 0 spiro atoms. The van der Waals surface area contributed by atoms with Crippen LogP contribution in [0.5, 0.6) is 5.75 Å². The first-order valence-electron chi connectivity index (χ1n) is 6.40. The first-order valence-corrected chi connectivity index (χ1v) is 6.40. The van der Waals surface area contributed by atoms with Crippen LogP contribution in [0.25, 0.3) is 0 Å². The van der Waals surface area contributed by atoms with Crippen LogP contribution in [0.15, 0.2) is 54.6 Å². The van der Waals surface area contributed by atoms with E-state index in [0.29, 0.717) is 6.04 Å². The minimum absolute atomic E-state index is 0. The Morgan fingerprint density at radius 1 is 1.00 bits per heavy atom. The molecule has 0 aliphatic carbocycles. The summed E-state index contributed by atoms with van der Waals surface area (Å²) < 4.78 is 5.76.